The van der Waals surface area contributed by atoms with Crippen molar-refractivity contribution < 1.29 is 0 Å². The highest BCUT2D eigenvalue weighted by Crippen LogP contribution is 2.26. The molecule has 4 nitrogen and oxygen atoms in total. The monoisotopic (exact) mass is 332 g/mol. The molecule has 2 N–H and O–H groups in total. The summed E-state index contributed by atoms with van der Waals surface area (Å²) in [5.74, 6) is 0. The van der Waals surface area contributed by atoms with Crippen molar-refractivity contribution in [2.75, 3.05) is 20.6 Å². The molecule has 0 bridgehead atoms. The molecule has 22 heavy (non-hydrogen) atoms. The maximum Gasteiger partial charge on any atom is 0.0794 e. The Labute approximate surface area is 138 Å². The van der Waals surface area contributed by atoms with Crippen molar-refractivity contribution in [3.8, 4) is 10.6 Å². The van der Waals surface area contributed by atoms with Gasteiger partial charge in [0.1, 0.15) is 0 Å². The highest BCUT2D eigenvalue weighted by molar-refractivity contribution is 7.13. The van der Waals surface area contributed by atoms with Gasteiger partial charge in [-0.15, -0.1) is 22.7 Å². The molecule has 0 saturated heterocycles. The van der Waals surface area contributed by atoms with Gasteiger partial charge in [-0.1, -0.05) is 12.1 Å². The van der Waals surface area contributed by atoms with Crippen molar-refractivity contribution in [3.63, 3.8) is 0 Å². The fourth-order valence-corrected chi connectivity index (χ4v) is 4.12. The van der Waals surface area contributed by atoms with E-state index in [9.17, 15) is 0 Å². The van der Waals surface area contributed by atoms with E-state index in [4.69, 9.17) is 0 Å². The summed E-state index contributed by atoms with van der Waals surface area (Å²) in [7, 11) is 4.25. The van der Waals surface area contributed by atoms with Crippen molar-refractivity contribution in [3.05, 3.63) is 51.7 Å². The first kappa shape index (κ1) is 15.4. The van der Waals surface area contributed by atoms with Gasteiger partial charge in [-0.25, -0.2) is 0 Å². The van der Waals surface area contributed by atoms with E-state index >= 15 is 0 Å². The van der Waals surface area contributed by atoms with Crippen LogP contribution >= 0.6 is 22.7 Å². The zero-order valence-electron chi connectivity index (χ0n) is 12.7. The molecule has 0 aliphatic carbocycles. The van der Waals surface area contributed by atoms with E-state index in [-0.39, 0.29) is 0 Å². The molecule has 3 rings (SSSR count). The molecular weight excluding hydrogens is 312 g/mol. The molecule has 0 radical (unpaired) electrons. The Bertz CT molecular complexity index is 671. The van der Waals surface area contributed by atoms with E-state index in [1.165, 1.54) is 15.3 Å². The van der Waals surface area contributed by atoms with Gasteiger partial charge in [-0.2, -0.15) is 5.10 Å². The van der Waals surface area contributed by atoms with Crippen LogP contribution in [0.25, 0.3) is 10.6 Å². The lowest BCUT2D eigenvalue weighted by molar-refractivity contribution is 0.292. The lowest BCUT2D eigenvalue weighted by Gasteiger charge is -2.23. The van der Waals surface area contributed by atoms with Crippen molar-refractivity contribution in [2.24, 2.45) is 0 Å². The van der Waals surface area contributed by atoms with Crippen molar-refractivity contribution in [2.45, 2.75) is 12.6 Å². The summed E-state index contributed by atoms with van der Waals surface area (Å²) in [5.41, 5.74) is 2.34. The molecule has 1 atom stereocenters. The first-order valence-electron chi connectivity index (χ1n) is 7.22. The molecule has 0 aliphatic heterocycles. The Morgan fingerprint density at radius 1 is 1.23 bits per heavy atom. The zero-order valence-corrected chi connectivity index (χ0v) is 14.4. The highest BCUT2D eigenvalue weighted by atomic mass is 32.1. The summed E-state index contributed by atoms with van der Waals surface area (Å²) in [6, 6.07) is 8.90. The molecule has 116 valence electrons. The maximum absolute atomic E-state index is 4.19. The summed E-state index contributed by atoms with van der Waals surface area (Å²) in [6.45, 7) is 1.74. The number of aromatic nitrogens is 2. The van der Waals surface area contributed by atoms with Gasteiger partial charge in [0.25, 0.3) is 0 Å². The second kappa shape index (κ2) is 7.19. The topological polar surface area (TPSA) is 44.0 Å². The van der Waals surface area contributed by atoms with Gasteiger partial charge in [-0.3, -0.25) is 5.10 Å². The van der Waals surface area contributed by atoms with Gasteiger partial charge in [0, 0.05) is 23.5 Å². The SMILES string of the molecule is CN(C)C(CNCc1cn[nH]c1-c1cccs1)c1cccs1. The molecule has 0 aromatic carbocycles. The standard InChI is InChI=1S/C16H20N4S2/c1-20(2)13(14-5-3-7-21-14)11-17-9-12-10-18-19-16(12)15-6-4-8-22-15/h3-8,10,13,17H,9,11H2,1-2H3,(H,18,19). The third-order valence-electron chi connectivity index (χ3n) is 3.63. The van der Waals surface area contributed by atoms with Crippen LogP contribution in [0.3, 0.4) is 0 Å². The molecular formula is C16H20N4S2. The summed E-state index contributed by atoms with van der Waals surface area (Å²) in [6.07, 6.45) is 1.91. The van der Waals surface area contributed by atoms with Gasteiger partial charge < -0.3 is 10.2 Å². The van der Waals surface area contributed by atoms with Crippen molar-refractivity contribution >= 4 is 22.7 Å². The Hall–Kier alpha value is -1.47. The van der Waals surface area contributed by atoms with Crippen LogP contribution in [-0.2, 0) is 6.54 Å². The van der Waals surface area contributed by atoms with Gasteiger partial charge in [-0.05, 0) is 37.0 Å². The molecule has 6 heteroatoms. The summed E-state index contributed by atoms with van der Waals surface area (Å²) >= 11 is 3.54. The van der Waals surface area contributed by atoms with Gasteiger partial charge in [0.05, 0.1) is 22.8 Å². The Morgan fingerprint density at radius 3 is 2.73 bits per heavy atom. The molecule has 0 saturated carbocycles. The second-order valence-corrected chi connectivity index (χ2v) is 7.30. The zero-order chi connectivity index (χ0) is 15.4. The minimum atomic E-state index is 0.400. The summed E-state index contributed by atoms with van der Waals surface area (Å²) < 4.78 is 0. The molecule has 0 fully saturated rings. The second-order valence-electron chi connectivity index (χ2n) is 5.37. The minimum absolute atomic E-state index is 0.400. The van der Waals surface area contributed by atoms with Gasteiger partial charge in [0.15, 0.2) is 0 Å². The number of rotatable bonds is 7. The number of hydrogen-bond acceptors (Lipinski definition) is 5. The van der Waals surface area contributed by atoms with Crippen LogP contribution < -0.4 is 5.32 Å². The van der Waals surface area contributed by atoms with Crippen LogP contribution in [-0.4, -0.2) is 35.7 Å². The van der Waals surface area contributed by atoms with Crippen molar-refractivity contribution in [1.82, 2.24) is 20.4 Å². The third kappa shape index (κ3) is 3.47. The molecule has 3 heterocycles. The van der Waals surface area contributed by atoms with Crippen LogP contribution in [0.15, 0.2) is 41.2 Å². The summed E-state index contributed by atoms with van der Waals surface area (Å²) in [4.78, 5) is 4.88. The van der Waals surface area contributed by atoms with E-state index in [2.05, 4.69) is 69.5 Å². The number of aromatic amines is 1. The molecule has 0 aliphatic rings. The van der Waals surface area contributed by atoms with Gasteiger partial charge >= 0.3 is 0 Å². The number of hydrogen-bond donors (Lipinski definition) is 2. The van der Waals surface area contributed by atoms with E-state index in [1.54, 1.807) is 11.3 Å². The average Bonchev–Trinajstić information content (AvgIpc) is 3.22. The lowest BCUT2D eigenvalue weighted by atomic mass is 10.2. The molecule has 3 aromatic rings. The molecule has 0 amide bonds. The van der Waals surface area contributed by atoms with Crippen molar-refractivity contribution in [1.29, 1.82) is 0 Å². The van der Waals surface area contributed by atoms with E-state index < -0.39 is 0 Å². The predicted molar refractivity (Wildman–Crippen MR) is 94.4 cm³/mol. The quantitative estimate of drug-likeness (QED) is 0.695. The molecule has 1 unspecified atom stereocenters. The van der Waals surface area contributed by atoms with Crippen LogP contribution in [0.4, 0.5) is 0 Å². The fourth-order valence-electron chi connectivity index (χ4n) is 2.44. The molecule has 3 aromatic heterocycles. The first-order chi connectivity index (χ1) is 10.8. The number of nitrogens with zero attached hydrogens (tertiary/aromatic N) is 2. The number of nitrogens with one attached hydrogen (secondary N) is 2. The fraction of sp³-hybridized carbons (Fsp3) is 0.312. The van der Waals surface area contributed by atoms with E-state index in [0.717, 1.165) is 18.8 Å². The lowest BCUT2D eigenvalue weighted by Crippen LogP contribution is -2.30. The molecule has 0 spiro atoms. The highest BCUT2D eigenvalue weighted by Gasteiger charge is 2.15. The smallest absolute Gasteiger partial charge is 0.0794 e. The summed E-state index contributed by atoms with van der Waals surface area (Å²) in [5, 5.41) is 15.1. The Kier molecular flexibility index (Phi) is 5.04. The van der Waals surface area contributed by atoms with Crippen LogP contribution in [0.5, 0.6) is 0 Å². The van der Waals surface area contributed by atoms with Crippen LogP contribution in [0.1, 0.15) is 16.5 Å². The maximum atomic E-state index is 4.19. The Morgan fingerprint density at radius 2 is 2.05 bits per heavy atom. The normalized spacial score (nSPS) is 12.9. The van der Waals surface area contributed by atoms with Crippen LogP contribution in [0, 0.1) is 0 Å². The van der Waals surface area contributed by atoms with E-state index in [0.29, 0.717) is 6.04 Å². The largest absolute Gasteiger partial charge is 0.311 e. The first-order valence-corrected chi connectivity index (χ1v) is 8.98. The Balaban J connectivity index is 1.62. The number of thiophene rings is 2. The average molecular weight is 332 g/mol. The predicted octanol–water partition coefficient (Wildman–Crippen LogP) is 3.59. The number of H-pyrrole nitrogens is 1. The third-order valence-corrected chi connectivity index (χ3v) is 5.49. The number of likely N-dealkylation sites (N-methyl/N-ethyl adjacent to an activating group) is 1. The van der Waals surface area contributed by atoms with Gasteiger partial charge in [0.2, 0.25) is 0 Å². The minimum Gasteiger partial charge on any atom is -0.311 e. The van der Waals surface area contributed by atoms with E-state index in [1.807, 2.05) is 17.5 Å². The van der Waals surface area contributed by atoms with Crippen LogP contribution in [0.2, 0.25) is 0 Å².